The molecule has 0 saturated carbocycles. The van der Waals surface area contributed by atoms with Gasteiger partial charge < -0.3 is 10.6 Å². The average molecular weight is 295 g/mol. The molecule has 2 atom stereocenters. The molecular weight excluding hydrogens is 262 g/mol. The topological polar surface area (TPSA) is 49.6 Å². The Labute approximate surface area is 130 Å². The number of hydrogen-bond acceptors (Lipinski definition) is 3. The zero-order chi connectivity index (χ0) is 15.1. The van der Waals surface area contributed by atoms with E-state index in [0.29, 0.717) is 24.3 Å². The van der Waals surface area contributed by atoms with E-state index in [0.717, 1.165) is 38.9 Å². The van der Waals surface area contributed by atoms with Crippen LogP contribution in [0, 0.1) is 5.92 Å². The molecule has 21 heavy (non-hydrogen) atoms. The van der Waals surface area contributed by atoms with Crippen molar-refractivity contribution in [1.82, 2.24) is 9.80 Å². The number of carbonyl (C=O) groups is 1. The van der Waals surface area contributed by atoms with Gasteiger partial charge >= 0.3 is 0 Å². The zero-order valence-corrected chi connectivity index (χ0v) is 13.7. The van der Waals surface area contributed by atoms with Crippen LogP contribution >= 0.6 is 0 Å². The summed E-state index contributed by atoms with van der Waals surface area (Å²) in [7, 11) is 0. The quantitative estimate of drug-likeness (QED) is 0.783. The van der Waals surface area contributed by atoms with Crippen molar-refractivity contribution in [2.24, 2.45) is 11.7 Å². The van der Waals surface area contributed by atoms with Gasteiger partial charge in [0.25, 0.3) is 0 Å². The maximum absolute atomic E-state index is 12.5. The maximum Gasteiger partial charge on any atom is 0.222 e. The molecule has 1 amide bonds. The molecular formula is C17H33N3O. The summed E-state index contributed by atoms with van der Waals surface area (Å²) < 4.78 is 0. The summed E-state index contributed by atoms with van der Waals surface area (Å²) in [6.45, 7) is 7.36. The van der Waals surface area contributed by atoms with Crippen molar-refractivity contribution in [1.29, 1.82) is 0 Å². The Hall–Kier alpha value is -0.610. The van der Waals surface area contributed by atoms with Crippen LogP contribution in [-0.2, 0) is 4.79 Å². The highest BCUT2D eigenvalue weighted by molar-refractivity contribution is 5.76. The van der Waals surface area contributed by atoms with E-state index in [1.807, 2.05) is 0 Å². The van der Waals surface area contributed by atoms with E-state index in [2.05, 4.69) is 16.7 Å². The van der Waals surface area contributed by atoms with Gasteiger partial charge in [-0.2, -0.15) is 0 Å². The first-order chi connectivity index (χ1) is 10.2. The SMILES string of the molecule is CCC(CCN)CCC(=O)N1CCCC(N2CCCC2)C1. The highest BCUT2D eigenvalue weighted by atomic mass is 16.2. The van der Waals surface area contributed by atoms with E-state index < -0.39 is 0 Å². The molecule has 0 spiro atoms. The Bertz CT molecular complexity index is 315. The molecule has 2 rings (SSSR count). The maximum atomic E-state index is 12.5. The standard InChI is InChI=1S/C17H33N3O/c1-2-15(9-10-18)7-8-17(21)20-13-5-6-16(14-20)19-11-3-4-12-19/h15-16H,2-14,18H2,1H3. The van der Waals surface area contributed by atoms with Gasteiger partial charge in [0.1, 0.15) is 0 Å². The molecule has 122 valence electrons. The predicted octanol–water partition coefficient (Wildman–Crippen LogP) is 2.23. The van der Waals surface area contributed by atoms with Crippen molar-refractivity contribution in [3.05, 3.63) is 0 Å². The summed E-state index contributed by atoms with van der Waals surface area (Å²) >= 11 is 0. The number of nitrogens with two attached hydrogens (primary N) is 1. The Morgan fingerprint density at radius 1 is 1.19 bits per heavy atom. The number of likely N-dealkylation sites (tertiary alicyclic amines) is 2. The molecule has 0 bridgehead atoms. The smallest absolute Gasteiger partial charge is 0.222 e. The molecule has 2 heterocycles. The largest absolute Gasteiger partial charge is 0.341 e. The molecule has 2 N–H and O–H groups in total. The van der Waals surface area contributed by atoms with Crippen LogP contribution in [0.15, 0.2) is 0 Å². The lowest BCUT2D eigenvalue weighted by Crippen LogP contribution is -2.49. The molecule has 0 aromatic carbocycles. The van der Waals surface area contributed by atoms with Crippen LogP contribution in [0.3, 0.4) is 0 Å². The van der Waals surface area contributed by atoms with E-state index in [4.69, 9.17) is 5.73 Å². The first kappa shape index (κ1) is 16.8. The molecule has 2 aliphatic rings. The van der Waals surface area contributed by atoms with Gasteiger partial charge in [0.2, 0.25) is 5.91 Å². The number of amides is 1. The van der Waals surface area contributed by atoms with Crippen LogP contribution in [0.4, 0.5) is 0 Å². The third-order valence-electron chi connectivity index (χ3n) is 5.32. The molecule has 0 radical (unpaired) electrons. The number of nitrogens with zero attached hydrogens (tertiary/aromatic N) is 2. The van der Waals surface area contributed by atoms with Crippen LogP contribution in [0.25, 0.3) is 0 Å². The second kappa shape index (κ2) is 8.74. The van der Waals surface area contributed by atoms with Crippen LogP contribution < -0.4 is 5.73 Å². The summed E-state index contributed by atoms with van der Waals surface area (Å²) in [5.41, 5.74) is 5.64. The summed E-state index contributed by atoms with van der Waals surface area (Å²) in [6, 6.07) is 0.621. The first-order valence-electron chi connectivity index (χ1n) is 8.96. The molecule has 4 nitrogen and oxygen atoms in total. The van der Waals surface area contributed by atoms with Gasteiger partial charge in [0.05, 0.1) is 0 Å². The van der Waals surface area contributed by atoms with Crippen molar-refractivity contribution in [2.75, 3.05) is 32.7 Å². The third kappa shape index (κ3) is 4.96. The summed E-state index contributed by atoms with van der Waals surface area (Å²) in [6.07, 6.45) is 9.04. The van der Waals surface area contributed by atoms with Crippen LogP contribution in [0.1, 0.15) is 58.3 Å². The van der Waals surface area contributed by atoms with E-state index in [9.17, 15) is 4.79 Å². The van der Waals surface area contributed by atoms with Crippen LogP contribution in [0.2, 0.25) is 0 Å². The molecule has 2 aliphatic heterocycles. The summed E-state index contributed by atoms with van der Waals surface area (Å²) in [5, 5.41) is 0. The number of hydrogen-bond donors (Lipinski definition) is 1. The molecule has 2 fully saturated rings. The van der Waals surface area contributed by atoms with Gasteiger partial charge in [-0.1, -0.05) is 13.3 Å². The molecule has 0 aromatic heterocycles. The van der Waals surface area contributed by atoms with Gasteiger partial charge in [-0.25, -0.2) is 0 Å². The Morgan fingerprint density at radius 2 is 1.95 bits per heavy atom. The van der Waals surface area contributed by atoms with Crippen molar-refractivity contribution >= 4 is 5.91 Å². The average Bonchev–Trinajstić information content (AvgIpc) is 3.05. The predicted molar refractivity (Wildman–Crippen MR) is 87.1 cm³/mol. The lowest BCUT2D eigenvalue weighted by atomic mass is 9.96. The number of piperidine rings is 1. The first-order valence-corrected chi connectivity index (χ1v) is 8.96. The van der Waals surface area contributed by atoms with Crippen molar-refractivity contribution in [2.45, 2.75) is 64.3 Å². The summed E-state index contributed by atoms with van der Waals surface area (Å²) in [4.78, 5) is 17.2. The van der Waals surface area contributed by atoms with Crippen LogP contribution in [0.5, 0.6) is 0 Å². The monoisotopic (exact) mass is 295 g/mol. The molecule has 2 saturated heterocycles. The van der Waals surface area contributed by atoms with Crippen molar-refractivity contribution in [3.8, 4) is 0 Å². The third-order valence-corrected chi connectivity index (χ3v) is 5.32. The fourth-order valence-corrected chi connectivity index (χ4v) is 3.86. The fourth-order valence-electron chi connectivity index (χ4n) is 3.86. The van der Waals surface area contributed by atoms with Gasteiger partial charge in [-0.05, 0) is 64.1 Å². The molecule has 0 aliphatic carbocycles. The minimum Gasteiger partial charge on any atom is -0.341 e. The van der Waals surface area contributed by atoms with E-state index in [1.54, 1.807) is 0 Å². The minimum atomic E-state index is 0.370. The van der Waals surface area contributed by atoms with Crippen molar-refractivity contribution < 1.29 is 4.79 Å². The Kier molecular flexibility index (Phi) is 6.97. The highest BCUT2D eigenvalue weighted by Crippen LogP contribution is 2.22. The highest BCUT2D eigenvalue weighted by Gasteiger charge is 2.29. The van der Waals surface area contributed by atoms with E-state index in [1.165, 1.54) is 38.8 Å². The van der Waals surface area contributed by atoms with Crippen LogP contribution in [-0.4, -0.2) is 54.5 Å². The second-order valence-electron chi connectivity index (χ2n) is 6.77. The minimum absolute atomic E-state index is 0.370. The lowest BCUT2D eigenvalue weighted by Gasteiger charge is -2.37. The Morgan fingerprint density at radius 3 is 2.62 bits per heavy atom. The Balaban J connectivity index is 1.76. The second-order valence-corrected chi connectivity index (χ2v) is 6.77. The molecule has 4 heteroatoms. The fraction of sp³-hybridized carbons (Fsp3) is 0.941. The van der Waals surface area contributed by atoms with Gasteiger partial charge in [-0.15, -0.1) is 0 Å². The lowest BCUT2D eigenvalue weighted by molar-refractivity contribution is -0.133. The number of rotatable bonds is 7. The van der Waals surface area contributed by atoms with E-state index in [-0.39, 0.29) is 0 Å². The van der Waals surface area contributed by atoms with Gasteiger partial charge in [-0.3, -0.25) is 9.69 Å². The van der Waals surface area contributed by atoms with Gasteiger partial charge in [0, 0.05) is 25.6 Å². The van der Waals surface area contributed by atoms with E-state index >= 15 is 0 Å². The summed E-state index contributed by atoms with van der Waals surface area (Å²) in [5.74, 6) is 0.993. The zero-order valence-electron chi connectivity index (χ0n) is 13.7. The normalized spacial score (nSPS) is 25.2. The number of carbonyl (C=O) groups excluding carboxylic acids is 1. The van der Waals surface area contributed by atoms with Gasteiger partial charge in [0.15, 0.2) is 0 Å². The van der Waals surface area contributed by atoms with Crippen molar-refractivity contribution in [3.63, 3.8) is 0 Å². The molecule has 0 aromatic rings. The molecule has 2 unspecified atom stereocenters.